The maximum atomic E-state index is 5.31. The van der Waals surface area contributed by atoms with E-state index >= 15 is 0 Å². The second kappa shape index (κ2) is 6.43. The molecule has 0 aliphatic rings. The van der Waals surface area contributed by atoms with Crippen molar-refractivity contribution in [1.29, 1.82) is 0 Å². The molecular formula is C13H20N4S2. The van der Waals surface area contributed by atoms with Crippen LogP contribution >= 0.6 is 23.6 Å². The van der Waals surface area contributed by atoms with Crippen LogP contribution in [0.25, 0.3) is 10.7 Å². The van der Waals surface area contributed by atoms with Crippen LogP contribution in [0, 0.1) is 4.77 Å². The summed E-state index contributed by atoms with van der Waals surface area (Å²) in [5.41, 5.74) is 1.16. The fourth-order valence-corrected chi connectivity index (χ4v) is 3.33. The average Bonchev–Trinajstić information content (AvgIpc) is 2.96. The summed E-state index contributed by atoms with van der Waals surface area (Å²) in [4.78, 5) is 5.90. The third kappa shape index (κ3) is 2.95. The molecule has 19 heavy (non-hydrogen) atoms. The molecule has 0 fully saturated rings. The number of aryl methyl sites for hydroxylation is 2. The summed E-state index contributed by atoms with van der Waals surface area (Å²) in [6.45, 7) is 7.37. The van der Waals surface area contributed by atoms with Crippen molar-refractivity contribution < 1.29 is 0 Å². The van der Waals surface area contributed by atoms with Gasteiger partial charge < -0.3 is 0 Å². The first-order valence-electron chi connectivity index (χ1n) is 6.85. The normalized spacial score (nSPS) is 11.1. The molecule has 0 aliphatic carbocycles. The Kier molecular flexibility index (Phi) is 4.87. The highest BCUT2D eigenvalue weighted by molar-refractivity contribution is 7.71. The van der Waals surface area contributed by atoms with Gasteiger partial charge in [0.1, 0.15) is 0 Å². The molecule has 0 saturated carbocycles. The van der Waals surface area contributed by atoms with Crippen LogP contribution in [0.1, 0.15) is 44.3 Å². The van der Waals surface area contributed by atoms with Crippen LogP contribution in [0.3, 0.4) is 0 Å². The number of nitrogens with zero attached hydrogens (tertiary/aromatic N) is 3. The van der Waals surface area contributed by atoms with Crippen LogP contribution in [0.15, 0.2) is 0 Å². The molecular weight excluding hydrogens is 276 g/mol. The molecule has 0 spiro atoms. The summed E-state index contributed by atoms with van der Waals surface area (Å²) < 4.78 is 2.78. The van der Waals surface area contributed by atoms with Crippen molar-refractivity contribution in [2.45, 2.75) is 53.0 Å². The number of nitrogens with one attached hydrogen (secondary N) is 1. The average molecular weight is 296 g/mol. The van der Waals surface area contributed by atoms with Crippen molar-refractivity contribution >= 4 is 23.6 Å². The Morgan fingerprint density at radius 3 is 2.68 bits per heavy atom. The Balaban J connectivity index is 2.51. The molecule has 1 N–H and O–H groups in total. The number of thiazole rings is 1. The Bertz CT molecular complexity index is 594. The van der Waals surface area contributed by atoms with Gasteiger partial charge in [0.05, 0.1) is 15.6 Å². The Morgan fingerprint density at radius 2 is 2.05 bits per heavy atom. The van der Waals surface area contributed by atoms with Crippen molar-refractivity contribution in [3.63, 3.8) is 0 Å². The van der Waals surface area contributed by atoms with E-state index in [4.69, 9.17) is 17.2 Å². The van der Waals surface area contributed by atoms with E-state index in [-0.39, 0.29) is 0 Å². The van der Waals surface area contributed by atoms with Gasteiger partial charge in [-0.15, -0.1) is 11.3 Å². The van der Waals surface area contributed by atoms with Crippen LogP contribution in [-0.2, 0) is 19.4 Å². The molecule has 6 heteroatoms. The van der Waals surface area contributed by atoms with Crippen LogP contribution in [-0.4, -0.2) is 19.7 Å². The van der Waals surface area contributed by atoms with Gasteiger partial charge in [-0.05, 0) is 31.5 Å². The fourth-order valence-electron chi connectivity index (χ4n) is 2.06. The SMILES string of the molecule is CCCc1nc(CC)sc1-c1n[nH]c(=S)n1CCC. The molecule has 0 atom stereocenters. The van der Waals surface area contributed by atoms with Crippen molar-refractivity contribution in [3.05, 3.63) is 15.5 Å². The third-order valence-corrected chi connectivity index (χ3v) is 4.49. The topological polar surface area (TPSA) is 46.5 Å². The molecule has 0 amide bonds. The summed E-state index contributed by atoms with van der Waals surface area (Å²) in [5.74, 6) is 0.951. The molecule has 0 unspecified atom stereocenters. The Hall–Kier alpha value is -1.01. The molecule has 2 heterocycles. The monoisotopic (exact) mass is 296 g/mol. The van der Waals surface area contributed by atoms with Crippen LogP contribution in [0.4, 0.5) is 0 Å². The van der Waals surface area contributed by atoms with Crippen molar-refractivity contribution in [3.8, 4) is 10.7 Å². The summed E-state index contributed by atoms with van der Waals surface area (Å²) in [7, 11) is 0. The number of aromatic nitrogens is 4. The molecule has 0 aliphatic heterocycles. The molecule has 0 saturated heterocycles. The first-order valence-corrected chi connectivity index (χ1v) is 8.07. The number of H-pyrrole nitrogens is 1. The lowest BCUT2D eigenvalue weighted by Gasteiger charge is -2.04. The van der Waals surface area contributed by atoms with E-state index in [2.05, 4.69) is 35.5 Å². The van der Waals surface area contributed by atoms with Gasteiger partial charge in [0.15, 0.2) is 10.6 Å². The Morgan fingerprint density at radius 1 is 1.26 bits per heavy atom. The van der Waals surface area contributed by atoms with Gasteiger partial charge in [-0.2, -0.15) is 5.10 Å². The zero-order valence-electron chi connectivity index (χ0n) is 11.7. The number of hydrogen-bond donors (Lipinski definition) is 1. The molecule has 104 valence electrons. The van der Waals surface area contributed by atoms with Gasteiger partial charge in [0.2, 0.25) is 0 Å². The standard InChI is InChI=1S/C13H20N4S2/c1-4-7-9-11(19-10(6-3)14-9)12-15-16-13(18)17(12)8-5-2/h4-8H2,1-3H3,(H,16,18). The lowest BCUT2D eigenvalue weighted by Crippen LogP contribution is -2.00. The van der Waals surface area contributed by atoms with E-state index in [1.165, 1.54) is 9.88 Å². The first kappa shape index (κ1) is 14.4. The second-order valence-electron chi connectivity index (χ2n) is 4.49. The summed E-state index contributed by atoms with van der Waals surface area (Å²) in [6, 6.07) is 0. The zero-order valence-corrected chi connectivity index (χ0v) is 13.3. The van der Waals surface area contributed by atoms with Crippen LogP contribution in [0.2, 0.25) is 0 Å². The van der Waals surface area contributed by atoms with E-state index < -0.39 is 0 Å². The van der Waals surface area contributed by atoms with Crippen molar-refractivity contribution in [2.24, 2.45) is 0 Å². The molecule has 0 radical (unpaired) electrons. The molecule has 4 nitrogen and oxygen atoms in total. The predicted octanol–water partition coefficient (Wildman–Crippen LogP) is 3.99. The minimum Gasteiger partial charge on any atom is -0.299 e. The van der Waals surface area contributed by atoms with E-state index in [1.54, 1.807) is 11.3 Å². The molecule has 0 bridgehead atoms. The minimum absolute atomic E-state index is 0.700. The highest BCUT2D eigenvalue weighted by Gasteiger charge is 2.17. The Labute approximate surface area is 122 Å². The number of rotatable bonds is 6. The first-order chi connectivity index (χ1) is 9.21. The maximum absolute atomic E-state index is 5.31. The quantitative estimate of drug-likeness (QED) is 0.820. The van der Waals surface area contributed by atoms with E-state index in [9.17, 15) is 0 Å². The van der Waals surface area contributed by atoms with Gasteiger partial charge >= 0.3 is 0 Å². The van der Waals surface area contributed by atoms with Crippen LogP contribution in [0.5, 0.6) is 0 Å². The maximum Gasteiger partial charge on any atom is 0.195 e. The molecule has 2 aromatic heterocycles. The lowest BCUT2D eigenvalue weighted by atomic mass is 10.2. The highest BCUT2D eigenvalue weighted by atomic mass is 32.1. The fraction of sp³-hybridized carbons (Fsp3) is 0.615. The van der Waals surface area contributed by atoms with Crippen molar-refractivity contribution in [2.75, 3.05) is 0 Å². The minimum atomic E-state index is 0.700. The van der Waals surface area contributed by atoms with E-state index in [1.807, 2.05) is 0 Å². The van der Waals surface area contributed by atoms with Gasteiger partial charge in [0.25, 0.3) is 0 Å². The van der Waals surface area contributed by atoms with E-state index in [0.717, 1.165) is 43.7 Å². The molecule has 2 rings (SSSR count). The summed E-state index contributed by atoms with van der Waals surface area (Å²) >= 11 is 7.06. The largest absolute Gasteiger partial charge is 0.299 e. The van der Waals surface area contributed by atoms with Crippen LogP contribution < -0.4 is 0 Å². The number of hydrogen-bond acceptors (Lipinski definition) is 4. The smallest absolute Gasteiger partial charge is 0.195 e. The summed E-state index contributed by atoms with van der Waals surface area (Å²) in [6.07, 6.45) is 4.11. The third-order valence-electron chi connectivity index (χ3n) is 2.94. The van der Waals surface area contributed by atoms with Gasteiger partial charge in [-0.25, -0.2) is 4.98 Å². The van der Waals surface area contributed by atoms with Crippen molar-refractivity contribution in [1.82, 2.24) is 19.7 Å². The van der Waals surface area contributed by atoms with Gasteiger partial charge in [-0.3, -0.25) is 9.67 Å². The van der Waals surface area contributed by atoms with Gasteiger partial charge in [0, 0.05) is 6.54 Å². The second-order valence-corrected chi connectivity index (χ2v) is 5.96. The van der Waals surface area contributed by atoms with E-state index in [0.29, 0.717) is 4.77 Å². The summed E-state index contributed by atoms with van der Waals surface area (Å²) in [5, 5.41) is 8.50. The molecule has 0 aromatic carbocycles. The molecule has 2 aromatic rings. The highest BCUT2D eigenvalue weighted by Crippen LogP contribution is 2.30. The zero-order chi connectivity index (χ0) is 13.8. The lowest BCUT2D eigenvalue weighted by molar-refractivity contribution is 0.674. The number of aromatic amines is 1. The predicted molar refractivity (Wildman–Crippen MR) is 82.2 cm³/mol. The van der Waals surface area contributed by atoms with Gasteiger partial charge in [-0.1, -0.05) is 27.2 Å².